The first-order valence-corrected chi connectivity index (χ1v) is 9.11. The Balaban J connectivity index is 2.07. The molecule has 0 radical (unpaired) electrons. The molecule has 2 aliphatic rings. The van der Waals surface area contributed by atoms with Gasteiger partial charge in [0.25, 0.3) is 17.5 Å². The number of nitrogens with zero attached hydrogens (tertiary/aromatic N) is 3. The van der Waals surface area contributed by atoms with Crippen molar-refractivity contribution in [2.45, 2.75) is 23.3 Å². The second-order valence-electron chi connectivity index (χ2n) is 6.12. The van der Waals surface area contributed by atoms with Gasteiger partial charge in [0.15, 0.2) is 0 Å². The zero-order chi connectivity index (χ0) is 17.6. The summed E-state index contributed by atoms with van der Waals surface area (Å²) in [5.74, 6) is -0.823. The molecule has 1 saturated heterocycles. The smallest absolute Gasteiger partial charge is 0.296 e. The van der Waals surface area contributed by atoms with Crippen molar-refractivity contribution in [2.24, 2.45) is 0 Å². The average Bonchev–Trinajstić information content (AvgIpc) is 2.78. The summed E-state index contributed by atoms with van der Waals surface area (Å²) in [6, 6.07) is 1.11. The lowest BCUT2D eigenvalue weighted by molar-refractivity contribution is -0.384. The molecule has 0 aliphatic carbocycles. The van der Waals surface area contributed by atoms with E-state index in [-0.39, 0.29) is 38.5 Å². The highest BCUT2D eigenvalue weighted by molar-refractivity contribution is 14.1. The van der Waals surface area contributed by atoms with Gasteiger partial charge < -0.3 is 10.6 Å². The number of nitro benzene ring substituents is 1. The Labute approximate surface area is 152 Å². The van der Waals surface area contributed by atoms with Crippen LogP contribution in [0.3, 0.4) is 0 Å². The van der Waals surface area contributed by atoms with Crippen molar-refractivity contribution in [3.8, 4) is 0 Å². The molecule has 0 atom stereocenters. The number of fused-ring (bicyclic) bond motifs is 1. The number of benzene rings is 1. The molecule has 0 spiro atoms. The number of halogens is 1. The normalized spacial score (nSPS) is 19.0. The Hall–Kier alpha value is -1.75. The number of rotatable bonds is 3. The number of piperidine rings is 1. The quantitative estimate of drug-likeness (QED) is 0.190. The SMILES string of the molecule is CN1CCC(N2C(=O)c3cc(N)c([N+](=O)[O-])c(CI)c3C2=O)CC1. The number of nitro groups is 1. The first kappa shape index (κ1) is 17.1. The van der Waals surface area contributed by atoms with E-state index in [0.29, 0.717) is 12.8 Å². The molecule has 2 amide bonds. The number of alkyl halides is 1. The van der Waals surface area contributed by atoms with Crippen LogP contribution in [0.25, 0.3) is 0 Å². The molecule has 2 aliphatic heterocycles. The van der Waals surface area contributed by atoms with Crippen LogP contribution in [-0.4, -0.2) is 52.7 Å². The van der Waals surface area contributed by atoms with Crippen molar-refractivity contribution in [2.75, 3.05) is 25.9 Å². The fourth-order valence-corrected chi connectivity index (χ4v) is 4.18. The lowest BCUT2D eigenvalue weighted by Crippen LogP contribution is -2.46. The van der Waals surface area contributed by atoms with Crippen LogP contribution in [0.15, 0.2) is 6.07 Å². The minimum absolute atomic E-state index is 0.0724. The number of carbonyl (C=O) groups excluding carboxylic acids is 2. The summed E-state index contributed by atoms with van der Waals surface area (Å²) >= 11 is 1.95. The molecule has 1 fully saturated rings. The Morgan fingerprint density at radius 1 is 1.33 bits per heavy atom. The van der Waals surface area contributed by atoms with E-state index in [1.807, 2.05) is 29.6 Å². The van der Waals surface area contributed by atoms with Crippen LogP contribution in [0.4, 0.5) is 11.4 Å². The van der Waals surface area contributed by atoms with Crippen molar-refractivity contribution >= 4 is 45.8 Å². The number of likely N-dealkylation sites (tertiary alicyclic amines) is 1. The third kappa shape index (κ3) is 2.55. The topological polar surface area (TPSA) is 110 Å². The van der Waals surface area contributed by atoms with Gasteiger partial charge in [-0.2, -0.15) is 0 Å². The van der Waals surface area contributed by atoms with Crippen molar-refractivity contribution in [3.63, 3.8) is 0 Å². The summed E-state index contributed by atoms with van der Waals surface area (Å²) < 4.78 is 0.238. The second kappa shape index (κ2) is 6.28. The van der Waals surface area contributed by atoms with E-state index in [1.54, 1.807) is 0 Å². The standard InChI is InChI=1S/C15H17IN4O4/c1-18-4-2-8(3-5-18)19-14(21)9-6-11(17)13(20(23)24)10(7-16)12(9)15(19)22/h6,8H,2-5,7,17H2,1H3. The van der Waals surface area contributed by atoms with Gasteiger partial charge in [-0.3, -0.25) is 24.6 Å². The minimum atomic E-state index is -0.584. The molecule has 0 aromatic heterocycles. The molecule has 0 bridgehead atoms. The summed E-state index contributed by atoms with van der Waals surface area (Å²) in [6.07, 6.45) is 1.41. The van der Waals surface area contributed by atoms with E-state index in [0.717, 1.165) is 13.1 Å². The Kier molecular flexibility index (Phi) is 4.47. The number of imide groups is 1. The monoisotopic (exact) mass is 444 g/mol. The highest BCUT2D eigenvalue weighted by Gasteiger charge is 2.44. The van der Waals surface area contributed by atoms with Gasteiger partial charge in [-0.05, 0) is 39.0 Å². The van der Waals surface area contributed by atoms with Gasteiger partial charge in [0.05, 0.1) is 21.6 Å². The van der Waals surface area contributed by atoms with Gasteiger partial charge in [0.2, 0.25) is 0 Å². The largest absolute Gasteiger partial charge is 0.393 e. The van der Waals surface area contributed by atoms with Crippen LogP contribution in [-0.2, 0) is 4.43 Å². The van der Waals surface area contributed by atoms with Crippen molar-refractivity contribution in [3.05, 3.63) is 32.9 Å². The molecular weight excluding hydrogens is 427 g/mol. The fraction of sp³-hybridized carbons (Fsp3) is 0.467. The second-order valence-corrected chi connectivity index (χ2v) is 6.88. The Morgan fingerprint density at radius 3 is 2.50 bits per heavy atom. The Bertz CT molecular complexity index is 743. The summed E-state index contributed by atoms with van der Waals surface area (Å²) in [7, 11) is 2.00. The molecule has 2 heterocycles. The highest BCUT2D eigenvalue weighted by atomic mass is 127. The number of nitrogen functional groups attached to an aromatic ring is 1. The molecule has 24 heavy (non-hydrogen) atoms. The van der Waals surface area contributed by atoms with Crippen LogP contribution in [0.5, 0.6) is 0 Å². The van der Waals surface area contributed by atoms with Crippen molar-refractivity contribution < 1.29 is 14.5 Å². The van der Waals surface area contributed by atoms with E-state index in [1.165, 1.54) is 11.0 Å². The molecule has 128 valence electrons. The van der Waals surface area contributed by atoms with Gasteiger partial charge in [-0.1, -0.05) is 22.6 Å². The van der Waals surface area contributed by atoms with E-state index < -0.39 is 16.7 Å². The zero-order valence-electron chi connectivity index (χ0n) is 13.1. The summed E-state index contributed by atoms with van der Waals surface area (Å²) in [4.78, 5) is 39.8. The molecule has 3 rings (SSSR count). The highest BCUT2D eigenvalue weighted by Crippen LogP contribution is 2.39. The van der Waals surface area contributed by atoms with Gasteiger partial charge in [0, 0.05) is 10.5 Å². The molecule has 8 nitrogen and oxygen atoms in total. The number of hydrogen-bond donors (Lipinski definition) is 1. The van der Waals surface area contributed by atoms with Crippen LogP contribution in [0, 0.1) is 10.1 Å². The number of carbonyl (C=O) groups is 2. The predicted molar refractivity (Wildman–Crippen MR) is 96.3 cm³/mol. The Morgan fingerprint density at radius 2 is 1.96 bits per heavy atom. The average molecular weight is 444 g/mol. The molecule has 9 heteroatoms. The van der Waals surface area contributed by atoms with Crippen molar-refractivity contribution in [1.82, 2.24) is 9.80 Å². The maximum absolute atomic E-state index is 12.9. The first-order valence-electron chi connectivity index (χ1n) is 7.59. The molecule has 1 aromatic rings. The minimum Gasteiger partial charge on any atom is -0.393 e. The molecule has 0 saturated carbocycles. The summed E-state index contributed by atoms with van der Waals surface area (Å²) in [5, 5.41) is 11.3. The first-order chi connectivity index (χ1) is 11.4. The lowest BCUT2D eigenvalue weighted by Gasteiger charge is -2.33. The third-order valence-corrected chi connectivity index (χ3v) is 5.44. The maximum atomic E-state index is 12.9. The number of anilines is 1. The van der Waals surface area contributed by atoms with Crippen LogP contribution < -0.4 is 5.73 Å². The zero-order valence-corrected chi connectivity index (χ0v) is 15.3. The molecule has 2 N–H and O–H groups in total. The van der Waals surface area contributed by atoms with Gasteiger partial charge >= 0.3 is 0 Å². The predicted octanol–water partition coefficient (Wildman–Crippen LogP) is 1.80. The number of nitrogens with two attached hydrogens (primary N) is 1. The van der Waals surface area contributed by atoms with Gasteiger partial charge in [0.1, 0.15) is 5.69 Å². The van der Waals surface area contributed by atoms with E-state index in [2.05, 4.69) is 4.90 Å². The third-order valence-electron chi connectivity index (χ3n) is 4.68. The maximum Gasteiger partial charge on any atom is 0.296 e. The fourth-order valence-electron chi connectivity index (χ4n) is 3.44. The number of hydrogen-bond acceptors (Lipinski definition) is 6. The summed E-state index contributed by atoms with van der Waals surface area (Å²) in [6.45, 7) is 1.61. The molecule has 0 unspecified atom stereocenters. The van der Waals surface area contributed by atoms with Gasteiger partial charge in [-0.15, -0.1) is 0 Å². The van der Waals surface area contributed by atoms with E-state index >= 15 is 0 Å². The lowest BCUT2D eigenvalue weighted by atomic mass is 10.0. The van der Waals surface area contributed by atoms with Crippen LogP contribution in [0.1, 0.15) is 39.1 Å². The van der Waals surface area contributed by atoms with E-state index in [9.17, 15) is 19.7 Å². The molecule has 1 aromatic carbocycles. The number of amides is 2. The summed E-state index contributed by atoms with van der Waals surface area (Å²) in [5.41, 5.74) is 6.02. The van der Waals surface area contributed by atoms with Crippen molar-refractivity contribution in [1.29, 1.82) is 0 Å². The van der Waals surface area contributed by atoms with Gasteiger partial charge in [-0.25, -0.2) is 0 Å². The van der Waals surface area contributed by atoms with Crippen LogP contribution >= 0.6 is 22.6 Å². The van der Waals surface area contributed by atoms with Crippen LogP contribution in [0.2, 0.25) is 0 Å². The molecular formula is C15H17IN4O4. The van der Waals surface area contributed by atoms with E-state index in [4.69, 9.17) is 5.73 Å².